The molecule has 1 aromatic carbocycles. The van der Waals surface area contributed by atoms with Gasteiger partial charge in [-0.25, -0.2) is 0 Å². The van der Waals surface area contributed by atoms with Crippen molar-refractivity contribution in [3.05, 3.63) is 29.3 Å². The summed E-state index contributed by atoms with van der Waals surface area (Å²) >= 11 is 0. The van der Waals surface area contributed by atoms with Crippen LogP contribution in [0.25, 0.3) is 0 Å². The zero-order chi connectivity index (χ0) is 14.7. The van der Waals surface area contributed by atoms with Crippen LogP contribution in [0.15, 0.2) is 18.2 Å². The Hall–Kier alpha value is -1.06. The maximum Gasteiger partial charge on any atom is 0.0397 e. The predicted octanol–water partition coefficient (Wildman–Crippen LogP) is 2.50. The monoisotopic (exact) mass is 287 g/mol. The highest BCUT2D eigenvalue weighted by Gasteiger charge is 2.17. The van der Waals surface area contributed by atoms with E-state index in [0.29, 0.717) is 0 Å². The van der Waals surface area contributed by atoms with Gasteiger partial charge in [-0.2, -0.15) is 0 Å². The van der Waals surface area contributed by atoms with E-state index in [9.17, 15) is 0 Å². The number of likely N-dealkylation sites (tertiary alicyclic amines) is 1. The molecule has 1 saturated heterocycles. The molecule has 0 bridgehead atoms. The number of likely N-dealkylation sites (N-methyl/N-ethyl adjacent to an activating group) is 1. The molecule has 3 nitrogen and oxygen atoms in total. The van der Waals surface area contributed by atoms with Crippen molar-refractivity contribution in [2.45, 2.75) is 32.2 Å². The van der Waals surface area contributed by atoms with Gasteiger partial charge in [0.2, 0.25) is 0 Å². The average molecular weight is 287 g/mol. The summed E-state index contributed by atoms with van der Waals surface area (Å²) in [5.41, 5.74) is 4.38. The van der Waals surface area contributed by atoms with Crippen molar-refractivity contribution in [3.63, 3.8) is 0 Å². The highest BCUT2D eigenvalue weighted by molar-refractivity contribution is 5.58. The molecule has 3 heteroatoms. The van der Waals surface area contributed by atoms with E-state index in [-0.39, 0.29) is 0 Å². The number of benzene rings is 1. The first-order valence-corrected chi connectivity index (χ1v) is 8.44. The highest BCUT2D eigenvalue weighted by atomic mass is 15.1. The smallest absolute Gasteiger partial charge is 0.0397 e. The van der Waals surface area contributed by atoms with Crippen molar-refractivity contribution in [2.75, 3.05) is 45.2 Å². The van der Waals surface area contributed by atoms with Gasteiger partial charge in [0.25, 0.3) is 0 Å². The Kier molecular flexibility index (Phi) is 4.81. The van der Waals surface area contributed by atoms with Gasteiger partial charge in [0.05, 0.1) is 0 Å². The molecule has 2 heterocycles. The van der Waals surface area contributed by atoms with E-state index in [1.165, 1.54) is 62.1 Å². The molecule has 2 aliphatic rings. The Bertz CT molecular complexity index is 464. The van der Waals surface area contributed by atoms with Gasteiger partial charge in [-0.15, -0.1) is 0 Å². The third-order valence-electron chi connectivity index (χ3n) is 5.17. The number of piperidine rings is 1. The van der Waals surface area contributed by atoms with Crippen molar-refractivity contribution >= 4 is 5.69 Å². The first-order valence-electron chi connectivity index (χ1n) is 8.44. The second-order valence-electron chi connectivity index (χ2n) is 6.85. The standard InChI is InChI=1S/C18H29N3/c1-20-10-6-15(7-11-20)5-9-19-14-16-3-4-18-17(13-16)8-12-21(18)2/h3-4,13,15,19H,5-12,14H2,1-2H3. The van der Waals surface area contributed by atoms with Crippen LogP contribution in [0.3, 0.4) is 0 Å². The normalized spacial score (nSPS) is 20.0. The minimum atomic E-state index is 0.933. The molecule has 0 amide bonds. The highest BCUT2D eigenvalue weighted by Crippen LogP contribution is 2.27. The van der Waals surface area contributed by atoms with Gasteiger partial charge in [0.15, 0.2) is 0 Å². The number of hydrogen-bond donors (Lipinski definition) is 1. The maximum absolute atomic E-state index is 3.64. The quantitative estimate of drug-likeness (QED) is 0.840. The fraction of sp³-hybridized carbons (Fsp3) is 0.667. The van der Waals surface area contributed by atoms with E-state index >= 15 is 0 Å². The average Bonchev–Trinajstić information content (AvgIpc) is 2.86. The largest absolute Gasteiger partial charge is 0.374 e. The second kappa shape index (κ2) is 6.80. The van der Waals surface area contributed by atoms with Gasteiger partial charge in [-0.05, 0) is 75.5 Å². The molecule has 0 aliphatic carbocycles. The molecule has 0 unspecified atom stereocenters. The molecule has 1 fully saturated rings. The molecule has 1 aromatic rings. The molecule has 0 spiro atoms. The second-order valence-corrected chi connectivity index (χ2v) is 6.85. The lowest BCUT2D eigenvalue weighted by molar-refractivity contribution is 0.211. The van der Waals surface area contributed by atoms with Crippen molar-refractivity contribution in [2.24, 2.45) is 5.92 Å². The summed E-state index contributed by atoms with van der Waals surface area (Å²) in [6, 6.07) is 6.96. The molecule has 0 saturated carbocycles. The van der Waals surface area contributed by atoms with E-state index in [4.69, 9.17) is 0 Å². The number of fused-ring (bicyclic) bond motifs is 1. The number of nitrogens with one attached hydrogen (secondary N) is 1. The molecular weight excluding hydrogens is 258 g/mol. The predicted molar refractivity (Wildman–Crippen MR) is 90.0 cm³/mol. The fourth-order valence-electron chi connectivity index (χ4n) is 3.62. The number of nitrogens with zero attached hydrogens (tertiary/aromatic N) is 2. The lowest BCUT2D eigenvalue weighted by Gasteiger charge is -2.28. The summed E-state index contributed by atoms with van der Waals surface area (Å²) in [5.74, 6) is 0.933. The van der Waals surface area contributed by atoms with Crippen molar-refractivity contribution in [1.82, 2.24) is 10.2 Å². The summed E-state index contributed by atoms with van der Waals surface area (Å²) in [7, 11) is 4.42. The molecule has 0 aromatic heterocycles. The lowest BCUT2D eigenvalue weighted by Crippen LogP contribution is -2.31. The molecule has 1 N–H and O–H groups in total. The van der Waals surface area contributed by atoms with Crippen LogP contribution in [0.1, 0.15) is 30.4 Å². The Labute approximate surface area is 129 Å². The number of anilines is 1. The van der Waals surface area contributed by atoms with E-state index in [2.05, 4.69) is 47.4 Å². The Morgan fingerprint density at radius 2 is 1.95 bits per heavy atom. The molecule has 0 atom stereocenters. The van der Waals surface area contributed by atoms with Crippen LogP contribution in [0, 0.1) is 5.92 Å². The van der Waals surface area contributed by atoms with Gasteiger partial charge >= 0.3 is 0 Å². The Balaban J connectivity index is 1.40. The minimum Gasteiger partial charge on any atom is -0.374 e. The van der Waals surface area contributed by atoms with Crippen molar-refractivity contribution < 1.29 is 0 Å². The van der Waals surface area contributed by atoms with E-state index < -0.39 is 0 Å². The van der Waals surface area contributed by atoms with E-state index in [1.807, 2.05) is 0 Å². The first kappa shape index (κ1) is 14.9. The van der Waals surface area contributed by atoms with Crippen LogP contribution in [-0.4, -0.2) is 45.2 Å². The Morgan fingerprint density at radius 1 is 1.14 bits per heavy atom. The molecule has 0 radical (unpaired) electrons. The summed E-state index contributed by atoms with van der Waals surface area (Å²) in [6.45, 7) is 5.91. The molecule has 116 valence electrons. The van der Waals surface area contributed by atoms with Gasteiger partial charge in [0, 0.05) is 25.8 Å². The third kappa shape index (κ3) is 3.78. The topological polar surface area (TPSA) is 18.5 Å². The SMILES string of the molecule is CN1CCC(CCNCc2ccc3c(c2)CCN3C)CC1. The van der Waals surface area contributed by atoms with E-state index in [0.717, 1.165) is 19.0 Å². The van der Waals surface area contributed by atoms with Crippen LogP contribution >= 0.6 is 0 Å². The van der Waals surface area contributed by atoms with Crippen LogP contribution in [0.5, 0.6) is 0 Å². The van der Waals surface area contributed by atoms with Gasteiger partial charge < -0.3 is 15.1 Å². The molecule has 2 aliphatic heterocycles. The zero-order valence-corrected chi connectivity index (χ0v) is 13.6. The minimum absolute atomic E-state index is 0.933. The van der Waals surface area contributed by atoms with Gasteiger partial charge in [-0.3, -0.25) is 0 Å². The van der Waals surface area contributed by atoms with Crippen LogP contribution in [0.2, 0.25) is 0 Å². The third-order valence-corrected chi connectivity index (χ3v) is 5.17. The first-order chi connectivity index (χ1) is 10.2. The summed E-state index contributed by atoms with van der Waals surface area (Å²) < 4.78 is 0. The fourth-order valence-corrected chi connectivity index (χ4v) is 3.62. The van der Waals surface area contributed by atoms with Crippen molar-refractivity contribution in [3.8, 4) is 0 Å². The van der Waals surface area contributed by atoms with Gasteiger partial charge in [-0.1, -0.05) is 12.1 Å². The number of rotatable bonds is 5. The Morgan fingerprint density at radius 3 is 2.76 bits per heavy atom. The van der Waals surface area contributed by atoms with E-state index in [1.54, 1.807) is 0 Å². The maximum atomic E-state index is 3.64. The molecular formula is C18H29N3. The zero-order valence-electron chi connectivity index (χ0n) is 13.6. The van der Waals surface area contributed by atoms with Crippen LogP contribution in [-0.2, 0) is 13.0 Å². The van der Waals surface area contributed by atoms with Crippen LogP contribution in [0.4, 0.5) is 5.69 Å². The summed E-state index contributed by atoms with van der Waals surface area (Å²) in [4.78, 5) is 4.80. The molecule has 21 heavy (non-hydrogen) atoms. The summed E-state index contributed by atoms with van der Waals surface area (Å²) in [5, 5.41) is 3.64. The number of hydrogen-bond acceptors (Lipinski definition) is 3. The van der Waals surface area contributed by atoms with Gasteiger partial charge in [0.1, 0.15) is 0 Å². The lowest BCUT2D eigenvalue weighted by atomic mass is 9.94. The van der Waals surface area contributed by atoms with Crippen molar-refractivity contribution in [1.29, 1.82) is 0 Å². The molecule has 3 rings (SSSR count). The summed E-state index contributed by atoms with van der Waals surface area (Å²) in [6.07, 6.45) is 5.30. The van der Waals surface area contributed by atoms with Crippen LogP contribution < -0.4 is 10.2 Å².